The van der Waals surface area contributed by atoms with E-state index in [1.54, 1.807) is 0 Å². The Balaban J connectivity index is 5.16. The van der Waals surface area contributed by atoms with Crippen LogP contribution in [0.3, 0.4) is 0 Å². The molecule has 0 aliphatic carbocycles. The second-order valence-corrected chi connectivity index (χ2v) is 23.1. The number of ether oxygens (including phenoxy) is 4. The molecular weight excluding hydrogens is 971 g/mol. The van der Waals surface area contributed by atoms with Crippen LogP contribution in [0.25, 0.3) is 0 Å². The van der Waals surface area contributed by atoms with E-state index in [1.807, 2.05) is 0 Å². The van der Waals surface area contributed by atoms with Gasteiger partial charge in [-0.2, -0.15) is 0 Å². The second kappa shape index (κ2) is 46.4. The monoisotopic (exact) mass is 1070 g/mol. The number of phosphoric acid groups is 2. The van der Waals surface area contributed by atoms with E-state index in [4.69, 9.17) is 37.0 Å². The van der Waals surface area contributed by atoms with E-state index in [0.717, 1.165) is 108 Å². The third-order valence-corrected chi connectivity index (χ3v) is 13.9. The van der Waals surface area contributed by atoms with Gasteiger partial charge in [0.1, 0.15) is 19.3 Å². The predicted octanol–water partition coefficient (Wildman–Crippen LogP) is 13.4. The second-order valence-electron chi connectivity index (χ2n) is 20.2. The molecule has 5 atom stereocenters. The summed E-state index contributed by atoms with van der Waals surface area (Å²) in [5, 5.41) is 10.4. The fourth-order valence-electron chi connectivity index (χ4n) is 7.59. The third-order valence-electron chi connectivity index (χ3n) is 12.0. The zero-order valence-corrected chi connectivity index (χ0v) is 47.5. The van der Waals surface area contributed by atoms with Crippen LogP contribution in [0.5, 0.6) is 0 Å². The highest BCUT2D eigenvalue weighted by Crippen LogP contribution is 2.45. The van der Waals surface area contributed by atoms with Gasteiger partial charge < -0.3 is 33.8 Å². The first-order valence-corrected chi connectivity index (χ1v) is 31.0. The quantitative estimate of drug-likeness (QED) is 0.0222. The van der Waals surface area contributed by atoms with Crippen LogP contribution in [0.4, 0.5) is 0 Å². The summed E-state index contributed by atoms with van der Waals surface area (Å²) in [5.74, 6) is -0.729. The van der Waals surface area contributed by atoms with Gasteiger partial charge in [0, 0.05) is 25.7 Å². The van der Waals surface area contributed by atoms with Crippen LogP contribution in [0.2, 0.25) is 0 Å². The summed E-state index contributed by atoms with van der Waals surface area (Å²) in [7, 11) is -9.85. The molecule has 0 bridgehead atoms. The van der Waals surface area contributed by atoms with Crippen molar-refractivity contribution in [2.75, 3.05) is 39.6 Å². The first kappa shape index (κ1) is 70.1. The molecular formula is C53H102O17P2. The van der Waals surface area contributed by atoms with Crippen molar-refractivity contribution in [2.45, 2.75) is 265 Å². The highest BCUT2D eigenvalue weighted by molar-refractivity contribution is 7.47. The van der Waals surface area contributed by atoms with Gasteiger partial charge in [-0.25, -0.2) is 9.13 Å². The Labute approximate surface area is 435 Å². The number of esters is 4. The Morgan fingerprint density at radius 2 is 0.639 bits per heavy atom. The molecule has 0 saturated heterocycles. The van der Waals surface area contributed by atoms with Crippen LogP contribution in [-0.2, 0) is 65.4 Å². The number of aliphatic hydroxyl groups is 1. The average Bonchev–Trinajstić information content (AvgIpc) is 3.32. The number of carbonyl (C=O) groups excluding carboxylic acids is 4. The van der Waals surface area contributed by atoms with Gasteiger partial charge in [0.05, 0.1) is 26.4 Å². The summed E-state index contributed by atoms with van der Waals surface area (Å²) in [6.07, 6.45) is 24.7. The van der Waals surface area contributed by atoms with Crippen molar-refractivity contribution in [2.24, 2.45) is 11.8 Å². The lowest BCUT2D eigenvalue weighted by molar-refractivity contribution is -0.161. The molecule has 17 nitrogen and oxygen atoms in total. The minimum Gasteiger partial charge on any atom is -0.462 e. The molecule has 3 N–H and O–H groups in total. The topological polar surface area (TPSA) is 237 Å². The molecule has 0 aromatic rings. The fourth-order valence-corrected chi connectivity index (χ4v) is 9.17. The summed E-state index contributed by atoms with van der Waals surface area (Å²) in [5.41, 5.74) is 0. The minimum atomic E-state index is -4.93. The summed E-state index contributed by atoms with van der Waals surface area (Å²) in [6, 6.07) is 0. The first-order chi connectivity index (χ1) is 34.4. The van der Waals surface area contributed by atoms with E-state index in [2.05, 4.69) is 41.5 Å². The molecule has 0 heterocycles. The number of phosphoric ester groups is 2. The van der Waals surface area contributed by atoms with Crippen molar-refractivity contribution >= 4 is 39.5 Å². The molecule has 2 unspecified atom stereocenters. The Bertz CT molecular complexity index is 1450. The molecule has 72 heavy (non-hydrogen) atoms. The number of carbonyl (C=O) groups is 4. The zero-order valence-electron chi connectivity index (χ0n) is 45.7. The largest absolute Gasteiger partial charge is 0.472 e. The molecule has 0 aromatic carbocycles. The van der Waals surface area contributed by atoms with Crippen molar-refractivity contribution in [3.63, 3.8) is 0 Å². The maximum atomic E-state index is 12.9. The molecule has 0 aliphatic rings. The molecule has 0 fully saturated rings. The fraction of sp³-hybridized carbons (Fsp3) is 0.925. The number of unbranched alkanes of at least 4 members (excludes halogenated alkanes) is 22. The van der Waals surface area contributed by atoms with E-state index in [1.165, 1.54) is 57.8 Å². The van der Waals surface area contributed by atoms with Gasteiger partial charge in [-0.1, -0.05) is 196 Å². The van der Waals surface area contributed by atoms with Crippen molar-refractivity contribution in [1.82, 2.24) is 0 Å². The smallest absolute Gasteiger partial charge is 0.462 e. The van der Waals surface area contributed by atoms with Crippen molar-refractivity contribution < 1.29 is 80.2 Å². The van der Waals surface area contributed by atoms with Gasteiger partial charge in [-0.05, 0) is 37.5 Å². The minimum absolute atomic E-state index is 0.0982. The highest BCUT2D eigenvalue weighted by Gasteiger charge is 2.30. The number of aliphatic hydroxyl groups excluding tert-OH is 1. The molecule has 19 heteroatoms. The maximum absolute atomic E-state index is 12.9. The van der Waals surface area contributed by atoms with Gasteiger partial charge in [0.25, 0.3) is 0 Å². The van der Waals surface area contributed by atoms with Crippen LogP contribution in [-0.4, -0.2) is 96.7 Å². The molecule has 0 rings (SSSR count). The molecule has 0 saturated carbocycles. The number of hydrogen-bond donors (Lipinski definition) is 3. The lowest BCUT2D eigenvalue weighted by atomic mass is 10.0. The number of hydrogen-bond acceptors (Lipinski definition) is 15. The Morgan fingerprint density at radius 1 is 0.375 bits per heavy atom. The molecule has 0 radical (unpaired) electrons. The van der Waals surface area contributed by atoms with Crippen LogP contribution >= 0.6 is 15.6 Å². The van der Waals surface area contributed by atoms with E-state index in [-0.39, 0.29) is 25.7 Å². The highest BCUT2D eigenvalue weighted by atomic mass is 31.2. The van der Waals surface area contributed by atoms with Gasteiger partial charge in [-0.15, -0.1) is 0 Å². The summed E-state index contributed by atoms with van der Waals surface area (Å²) < 4.78 is 67.1. The zero-order chi connectivity index (χ0) is 53.7. The lowest BCUT2D eigenvalue weighted by Gasteiger charge is -2.21. The van der Waals surface area contributed by atoms with Crippen molar-refractivity contribution in [1.29, 1.82) is 0 Å². The van der Waals surface area contributed by atoms with E-state index >= 15 is 0 Å². The van der Waals surface area contributed by atoms with Gasteiger partial charge in [-0.3, -0.25) is 37.3 Å². The SMILES string of the molecule is CCCCCCCC(=O)OC[C@H](COP(=O)(O)OC[C@H](O)COP(=O)(O)OC[C@@H](COC(=O)CCCCCCCCCCC(C)C)OC(=O)CCCCCCCCCCC(C)C)OC(=O)CCCCCCC. The Kier molecular flexibility index (Phi) is 45.1. The van der Waals surface area contributed by atoms with Crippen LogP contribution in [0, 0.1) is 11.8 Å². The molecule has 0 spiro atoms. The average molecular weight is 1070 g/mol. The van der Waals surface area contributed by atoms with Crippen LogP contribution in [0.1, 0.15) is 247 Å². The molecule has 0 aliphatic heterocycles. The van der Waals surface area contributed by atoms with E-state index < -0.39 is 97.5 Å². The van der Waals surface area contributed by atoms with Crippen molar-refractivity contribution in [3.8, 4) is 0 Å². The maximum Gasteiger partial charge on any atom is 0.472 e. The summed E-state index contributed by atoms with van der Waals surface area (Å²) >= 11 is 0. The Morgan fingerprint density at radius 3 is 0.944 bits per heavy atom. The van der Waals surface area contributed by atoms with Gasteiger partial charge in [0.2, 0.25) is 0 Å². The third kappa shape index (κ3) is 47.8. The molecule has 0 aromatic heterocycles. The van der Waals surface area contributed by atoms with E-state index in [9.17, 15) is 43.2 Å². The van der Waals surface area contributed by atoms with Crippen LogP contribution in [0.15, 0.2) is 0 Å². The standard InChI is InChI=1S/C53H102O17P2/c1-7-9-11-21-29-35-50(55)63-41-48(69-52(57)37-31-22-12-10-8-2)43-67-71(59,60)65-39-47(54)40-66-72(61,62)68-44-49(70-53(58)38-32-26-20-16-14-18-24-28-34-46(5)6)42-64-51(56)36-30-25-19-15-13-17-23-27-33-45(3)4/h45-49,54H,7-44H2,1-6H3,(H,59,60)(H,61,62)/t47-,48+,49+/m0/s1. The van der Waals surface area contributed by atoms with Gasteiger partial charge >= 0.3 is 39.5 Å². The van der Waals surface area contributed by atoms with E-state index in [0.29, 0.717) is 25.7 Å². The normalized spacial score (nSPS) is 14.7. The molecule has 426 valence electrons. The lowest BCUT2D eigenvalue weighted by Crippen LogP contribution is -2.30. The summed E-state index contributed by atoms with van der Waals surface area (Å²) in [6.45, 7) is 9.14. The summed E-state index contributed by atoms with van der Waals surface area (Å²) in [4.78, 5) is 71.1. The predicted molar refractivity (Wildman–Crippen MR) is 280 cm³/mol. The first-order valence-electron chi connectivity index (χ1n) is 28.0. The van der Waals surface area contributed by atoms with Crippen molar-refractivity contribution in [3.05, 3.63) is 0 Å². The molecule has 0 amide bonds. The van der Waals surface area contributed by atoms with Gasteiger partial charge in [0.15, 0.2) is 12.2 Å². The van der Waals surface area contributed by atoms with Crippen LogP contribution < -0.4 is 0 Å². The Hall–Kier alpha value is -1.94. The number of rotatable bonds is 52.